The standard InChI is InChI=1S/C21H23NO3/c1-2-20(23)22(15-17-12-21(13-17)24-9-10-25-21)14-16-7-8-18-5-3-4-6-19(18)11-16/h2-8,11,17H,1,9-10,12-15H2. The number of hydrogen-bond donors (Lipinski definition) is 0. The quantitative estimate of drug-likeness (QED) is 0.784. The van der Waals surface area contributed by atoms with Gasteiger partial charge in [0.1, 0.15) is 0 Å². The van der Waals surface area contributed by atoms with Gasteiger partial charge < -0.3 is 14.4 Å². The molecular weight excluding hydrogens is 314 g/mol. The van der Waals surface area contributed by atoms with Gasteiger partial charge in [0.2, 0.25) is 5.91 Å². The van der Waals surface area contributed by atoms with Crippen LogP contribution in [-0.2, 0) is 20.8 Å². The maximum absolute atomic E-state index is 12.3. The molecule has 1 amide bonds. The molecular formula is C21H23NO3. The van der Waals surface area contributed by atoms with Crippen molar-refractivity contribution in [1.82, 2.24) is 4.90 Å². The Morgan fingerprint density at radius 2 is 1.88 bits per heavy atom. The van der Waals surface area contributed by atoms with E-state index in [0.717, 1.165) is 18.4 Å². The molecule has 0 unspecified atom stereocenters. The van der Waals surface area contributed by atoms with Crippen molar-refractivity contribution in [1.29, 1.82) is 0 Å². The van der Waals surface area contributed by atoms with Crippen LogP contribution < -0.4 is 0 Å². The molecule has 1 saturated heterocycles. The molecule has 2 fully saturated rings. The van der Waals surface area contributed by atoms with E-state index in [0.29, 0.717) is 32.2 Å². The number of ether oxygens (including phenoxy) is 2. The zero-order chi connectivity index (χ0) is 17.3. The summed E-state index contributed by atoms with van der Waals surface area (Å²) in [7, 11) is 0. The van der Waals surface area contributed by atoms with Gasteiger partial charge in [-0.1, -0.05) is 43.0 Å². The van der Waals surface area contributed by atoms with Gasteiger partial charge in [0.25, 0.3) is 0 Å². The largest absolute Gasteiger partial charge is 0.348 e. The molecule has 1 spiro atoms. The minimum absolute atomic E-state index is 0.0256. The number of carbonyl (C=O) groups excluding carboxylic acids is 1. The summed E-state index contributed by atoms with van der Waals surface area (Å²) < 4.78 is 11.4. The van der Waals surface area contributed by atoms with Crippen LogP contribution in [0, 0.1) is 5.92 Å². The summed E-state index contributed by atoms with van der Waals surface area (Å²) in [6, 6.07) is 14.6. The van der Waals surface area contributed by atoms with E-state index in [1.165, 1.54) is 16.8 Å². The fraction of sp³-hybridized carbons (Fsp3) is 0.381. The van der Waals surface area contributed by atoms with Crippen LogP contribution in [0.3, 0.4) is 0 Å². The molecule has 4 heteroatoms. The Bertz CT molecular complexity index is 787. The number of amides is 1. The topological polar surface area (TPSA) is 38.8 Å². The van der Waals surface area contributed by atoms with Crippen LogP contribution in [0.15, 0.2) is 55.1 Å². The Morgan fingerprint density at radius 1 is 1.16 bits per heavy atom. The van der Waals surface area contributed by atoms with Crippen LogP contribution in [0.5, 0.6) is 0 Å². The summed E-state index contributed by atoms with van der Waals surface area (Å²) in [6.07, 6.45) is 3.13. The first-order chi connectivity index (χ1) is 12.2. The summed E-state index contributed by atoms with van der Waals surface area (Å²) in [5, 5.41) is 2.41. The van der Waals surface area contributed by atoms with Gasteiger partial charge >= 0.3 is 0 Å². The van der Waals surface area contributed by atoms with Crippen molar-refractivity contribution in [3.63, 3.8) is 0 Å². The lowest BCUT2D eigenvalue weighted by Crippen LogP contribution is -2.49. The summed E-state index contributed by atoms with van der Waals surface area (Å²) in [4.78, 5) is 14.2. The minimum Gasteiger partial charge on any atom is -0.348 e. The van der Waals surface area contributed by atoms with Crippen molar-refractivity contribution in [3.8, 4) is 0 Å². The van der Waals surface area contributed by atoms with Gasteiger partial charge in [-0.15, -0.1) is 0 Å². The predicted octanol–water partition coefficient (Wildman–Crippen LogP) is 3.51. The Morgan fingerprint density at radius 3 is 2.60 bits per heavy atom. The number of carbonyl (C=O) groups is 1. The van der Waals surface area contributed by atoms with Gasteiger partial charge in [-0.2, -0.15) is 0 Å². The summed E-state index contributed by atoms with van der Waals surface area (Å²) in [5.74, 6) is 0.0288. The highest BCUT2D eigenvalue weighted by Gasteiger charge is 2.49. The Balaban J connectivity index is 1.45. The molecule has 4 rings (SSSR count). The molecule has 1 heterocycles. The maximum atomic E-state index is 12.3. The van der Waals surface area contributed by atoms with E-state index in [-0.39, 0.29) is 11.7 Å². The van der Waals surface area contributed by atoms with Gasteiger partial charge in [-0.25, -0.2) is 0 Å². The average molecular weight is 337 g/mol. The second-order valence-electron chi connectivity index (χ2n) is 6.99. The second-order valence-corrected chi connectivity index (χ2v) is 6.99. The molecule has 0 N–H and O–H groups in total. The van der Waals surface area contributed by atoms with Crippen molar-refractivity contribution in [2.75, 3.05) is 19.8 Å². The highest BCUT2D eigenvalue weighted by atomic mass is 16.7. The van der Waals surface area contributed by atoms with Crippen molar-refractivity contribution in [3.05, 3.63) is 60.7 Å². The molecule has 2 aromatic carbocycles. The number of fused-ring (bicyclic) bond motifs is 1. The lowest BCUT2D eigenvalue weighted by molar-refractivity contribution is -0.232. The summed E-state index contributed by atoms with van der Waals surface area (Å²) in [6.45, 7) is 6.33. The molecule has 0 atom stereocenters. The molecule has 1 aliphatic heterocycles. The molecule has 1 aliphatic carbocycles. The zero-order valence-corrected chi connectivity index (χ0v) is 14.3. The van der Waals surface area contributed by atoms with Crippen LogP contribution in [0.2, 0.25) is 0 Å². The van der Waals surface area contributed by atoms with Crippen molar-refractivity contribution < 1.29 is 14.3 Å². The molecule has 2 aromatic rings. The molecule has 130 valence electrons. The maximum Gasteiger partial charge on any atom is 0.246 e. The number of hydrogen-bond acceptors (Lipinski definition) is 3. The normalized spacial score (nSPS) is 19.0. The fourth-order valence-electron chi connectivity index (χ4n) is 3.91. The van der Waals surface area contributed by atoms with E-state index in [4.69, 9.17) is 9.47 Å². The molecule has 1 saturated carbocycles. The molecule has 25 heavy (non-hydrogen) atoms. The number of rotatable bonds is 5. The zero-order valence-electron chi connectivity index (χ0n) is 14.3. The Hall–Kier alpha value is -2.17. The first-order valence-corrected chi connectivity index (χ1v) is 8.84. The van der Waals surface area contributed by atoms with E-state index in [2.05, 4.69) is 36.9 Å². The van der Waals surface area contributed by atoms with Crippen LogP contribution >= 0.6 is 0 Å². The Kier molecular flexibility index (Phi) is 4.32. The molecule has 4 nitrogen and oxygen atoms in total. The van der Waals surface area contributed by atoms with Gasteiger partial charge in [0.05, 0.1) is 13.2 Å². The number of benzene rings is 2. The molecule has 0 aromatic heterocycles. The Labute approximate surface area is 148 Å². The van der Waals surface area contributed by atoms with Crippen molar-refractivity contribution >= 4 is 16.7 Å². The van der Waals surface area contributed by atoms with E-state index < -0.39 is 0 Å². The third-order valence-electron chi connectivity index (χ3n) is 5.17. The highest BCUT2D eigenvalue weighted by molar-refractivity contribution is 5.87. The van der Waals surface area contributed by atoms with E-state index in [1.54, 1.807) is 0 Å². The highest BCUT2D eigenvalue weighted by Crippen LogP contribution is 2.44. The second kappa shape index (κ2) is 6.62. The molecule has 0 radical (unpaired) electrons. The van der Waals surface area contributed by atoms with Crippen LogP contribution in [-0.4, -0.2) is 36.4 Å². The van der Waals surface area contributed by atoms with Gasteiger partial charge in [0, 0.05) is 25.9 Å². The van der Waals surface area contributed by atoms with Crippen molar-refractivity contribution in [2.45, 2.75) is 25.2 Å². The summed E-state index contributed by atoms with van der Waals surface area (Å²) in [5.41, 5.74) is 1.14. The third kappa shape index (κ3) is 3.32. The number of nitrogens with zero attached hydrogens (tertiary/aromatic N) is 1. The van der Waals surface area contributed by atoms with Gasteiger partial charge in [-0.05, 0) is 34.4 Å². The van der Waals surface area contributed by atoms with Crippen molar-refractivity contribution in [2.24, 2.45) is 5.92 Å². The van der Waals surface area contributed by atoms with E-state index >= 15 is 0 Å². The first-order valence-electron chi connectivity index (χ1n) is 8.84. The summed E-state index contributed by atoms with van der Waals surface area (Å²) >= 11 is 0. The van der Waals surface area contributed by atoms with Crippen LogP contribution in [0.25, 0.3) is 10.8 Å². The lowest BCUT2D eigenvalue weighted by atomic mass is 9.78. The average Bonchev–Trinajstić information content (AvgIpc) is 3.10. The van der Waals surface area contributed by atoms with E-state index in [9.17, 15) is 4.79 Å². The SMILES string of the molecule is C=CC(=O)N(Cc1ccc2ccccc2c1)CC1CC2(C1)OCCO2. The monoisotopic (exact) mass is 337 g/mol. The van der Waals surface area contributed by atoms with Crippen LogP contribution in [0.4, 0.5) is 0 Å². The first kappa shape index (κ1) is 16.3. The van der Waals surface area contributed by atoms with Gasteiger partial charge in [0.15, 0.2) is 5.79 Å². The van der Waals surface area contributed by atoms with Gasteiger partial charge in [-0.3, -0.25) is 4.79 Å². The lowest BCUT2D eigenvalue weighted by Gasteiger charge is -2.44. The van der Waals surface area contributed by atoms with E-state index in [1.807, 2.05) is 17.0 Å². The molecule has 0 bridgehead atoms. The minimum atomic E-state index is -0.365. The fourth-order valence-corrected chi connectivity index (χ4v) is 3.91. The third-order valence-corrected chi connectivity index (χ3v) is 5.17. The van der Waals surface area contributed by atoms with Crippen LogP contribution in [0.1, 0.15) is 18.4 Å². The smallest absolute Gasteiger partial charge is 0.246 e. The molecule has 2 aliphatic rings. The predicted molar refractivity (Wildman–Crippen MR) is 96.9 cm³/mol.